The molecule has 0 aromatic heterocycles. The van der Waals surface area contributed by atoms with E-state index in [1.54, 1.807) is 0 Å². The van der Waals surface area contributed by atoms with Crippen molar-refractivity contribution in [1.82, 2.24) is 0 Å². The fourth-order valence-corrected chi connectivity index (χ4v) is 4.66. The van der Waals surface area contributed by atoms with Gasteiger partial charge in [0.2, 0.25) is 0 Å². The van der Waals surface area contributed by atoms with Gasteiger partial charge in [0.25, 0.3) is 0 Å². The van der Waals surface area contributed by atoms with Crippen molar-refractivity contribution >= 4 is 23.2 Å². The highest BCUT2D eigenvalue weighted by Gasteiger charge is 2.21. The van der Waals surface area contributed by atoms with E-state index >= 15 is 0 Å². The molecule has 2 N–H and O–H groups in total. The summed E-state index contributed by atoms with van der Waals surface area (Å²) in [5.41, 5.74) is 1.74. The first-order valence-corrected chi connectivity index (χ1v) is 13.2. The molecular weight excluding hydrogens is 415 g/mol. The molecule has 174 valence electrons. The lowest BCUT2D eigenvalue weighted by Gasteiger charge is -2.17. The fourth-order valence-electron chi connectivity index (χ4n) is 4.16. The van der Waals surface area contributed by atoms with Crippen LogP contribution < -0.4 is 0 Å². The van der Waals surface area contributed by atoms with Crippen LogP contribution in [0.1, 0.15) is 128 Å². The third-order valence-electron chi connectivity index (χ3n) is 6.10. The fraction of sp³-hybridized carbons (Fsp3) is 0.769. The molecule has 0 fully saturated rings. The highest BCUT2D eigenvalue weighted by molar-refractivity contribution is 6.43. The minimum Gasteiger partial charge on any atom is -0.504 e. The Kier molecular flexibility index (Phi) is 15.6. The molecule has 0 saturated carbocycles. The Morgan fingerprint density at radius 3 is 1.27 bits per heavy atom. The summed E-state index contributed by atoms with van der Waals surface area (Å²) in [6.07, 6.45) is 21.5. The van der Waals surface area contributed by atoms with Gasteiger partial charge in [0.15, 0.2) is 11.5 Å². The summed E-state index contributed by atoms with van der Waals surface area (Å²) < 4.78 is 0. The Hall–Kier alpha value is -0.600. The van der Waals surface area contributed by atoms with E-state index in [4.69, 9.17) is 23.2 Å². The number of benzene rings is 1. The Bertz CT molecular complexity index is 536. The molecule has 0 radical (unpaired) electrons. The average molecular weight is 460 g/mol. The van der Waals surface area contributed by atoms with Gasteiger partial charge < -0.3 is 10.2 Å². The number of unbranched alkanes of at least 4 members (excludes halogenated alkanes) is 14. The topological polar surface area (TPSA) is 40.5 Å². The summed E-state index contributed by atoms with van der Waals surface area (Å²) in [5.74, 6) is -0.335. The molecule has 0 unspecified atom stereocenters. The largest absolute Gasteiger partial charge is 0.504 e. The molecule has 1 rings (SSSR count). The first-order chi connectivity index (χ1) is 14.5. The molecule has 1 aromatic carbocycles. The van der Waals surface area contributed by atoms with Gasteiger partial charge in [0.1, 0.15) is 5.02 Å². The molecule has 2 nitrogen and oxygen atoms in total. The Morgan fingerprint density at radius 1 is 0.467 bits per heavy atom. The van der Waals surface area contributed by atoms with Gasteiger partial charge in [-0.3, -0.25) is 0 Å². The molecule has 0 saturated heterocycles. The number of hydrogen-bond donors (Lipinski definition) is 2. The Balaban J connectivity index is 2.52. The van der Waals surface area contributed by atoms with Gasteiger partial charge in [-0.1, -0.05) is 127 Å². The predicted molar refractivity (Wildman–Crippen MR) is 132 cm³/mol. The molecule has 0 heterocycles. The summed E-state index contributed by atoms with van der Waals surface area (Å²) in [7, 11) is 0. The van der Waals surface area contributed by atoms with Crippen molar-refractivity contribution in [3.05, 3.63) is 21.2 Å². The van der Waals surface area contributed by atoms with Gasteiger partial charge in [-0.15, -0.1) is 0 Å². The molecule has 1 aromatic rings. The number of aromatic hydroxyl groups is 2. The minimum atomic E-state index is -0.268. The quantitative estimate of drug-likeness (QED) is 0.169. The van der Waals surface area contributed by atoms with Gasteiger partial charge in [-0.2, -0.15) is 0 Å². The highest BCUT2D eigenvalue weighted by Crippen LogP contribution is 2.45. The zero-order valence-corrected chi connectivity index (χ0v) is 20.9. The summed E-state index contributed by atoms with van der Waals surface area (Å²) in [6.45, 7) is 4.48. The molecule has 30 heavy (non-hydrogen) atoms. The first-order valence-electron chi connectivity index (χ1n) is 12.4. The summed E-state index contributed by atoms with van der Waals surface area (Å²) in [4.78, 5) is 0. The molecular formula is C26H44Cl2O2. The molecule has 4 heteroatoms. The van der Waals surface area contributed by atoms with Crippen molar-refractivity contribution in [2.24, 2.45) is 0 Å². The van der Waals surface area contributed by atoms with Gasteiger partial charge in [-0.05, 0) is 31.2 Å². The van der Waals surface area contributed by atoms with Crippen LogP contribution in [0.15, 0.2) is 0 Å². The second kappa shape index (κ2) is 17.0. The van der Waals surface area contributed by atoms with E-state index in [-0.39, 0.29) is 16.5 Å². The second-order valence-corrected chi connectivity index (χ2v) is 9.49. The van der Waals surface area contributed by atoms with Gasteiger partial charge in [-0.25, -0.2) is 0 Å². The maximum absolute atomic E-state index is 10.5. The van der Waals surface area contributed by atoms with Crippen molar-refractivity contribution in [3.8, 4) is 11.5 Å². The van der Waals surface area contributed by atoms with E-state index in [1.807, 2.05) is 0 Å². The summed E-state index contributed by atoms with van der Waals surface area (Å²) in [6, 6.07) is 0. The zero-order chi connectivity index (χ0) is 22.2. The van der Waals surface area contributed by atoms with E-state index in [9.17, 15) is 10.2 Å². The normalized spacial score (nSPS) is 11.3. The van der Waals surface area contributed by atoms with Gasteiger partial charge in [0.05, 0.1) is 5.02 Å². The predicted octanol–water partition coefficient (Wildman–Crippen LogP) is 9.77. The number of phenolic OH excluding ortho intramolecular Hbond substituents is 2. The van der Waals surface area contributed by atoms with Crippen LogP contribution in [-0.4, -0.2) is 10.2 Å². The zero-order valence-electron chi connectivity index (χ0n) is 19.4. The van der Waals surface area contributed by atoms with E-state index in [0.29, 0.717) is 5.02 Å². The lowest BCUT2D eigenvalue weighted by Crippen LogP contribution is -1.99. The molecule has 0 aliphatic heterocycles. The van der Waals surface area contributed by atoms with Crippen LogP contribution >= 0.6 is 23.2 Å². The average Bonchev–Trinajstić information content (AvgIpc) is 2.75. The lowest BCUT2D eigenvalue weighted by molar-refractivity contribution is 0.397. The van der Waals surface area contributed by atoms with Crippen LogP contribution in [0, 0.1) is 0 Å². The molecule has 0 spiro atoms. The van der Waals surface area contributed by atoms with E-state index in [0.717, 1.165) is 43.2 Å². The third kappa shape index (κ3) is 10.1. The van der Waals surface area contributed by atoms with Crippen molar-refractivity contribution in [2.75, 3.05) is 0 Å². The van der Waals surface area contributed by atoms with Crippen LogP contribution in [0.3, 0.4) is 0 Å². The maximum Gasteiger partial charge on any atom is 0.178 e. The molecule has 0 amide bonds. The lowest BCUT2D eigenvalue weighted by atomic mass is 9.94. The number of halogens is 2. The highest BCUT2D eigenvalue weighted by atomic mass is 35.5. The number of phenols is 2. The van der Waals surface area contributed by atoms with Gasteiger partial charge in [0, 0.05) is 5.56 Å². The standard InChI is InChI=1S/C26H44Cl2O2/c1-3-5-7-9-11-13-15-17-19-21-22(25(29)26(30)24(28)23(21)27)20-18-16-14-12-10-8-6-4-2/h29-30H,3-20H2,1-2H3. The van der Waals surface area contributed by atoms with Crippen molar-refractivity contribution in [3.63, 3.8) is 0 Å². The second-order valence-electron chi connectivity index (χ2n) is 8.73. The molecule has 0 bridgehead atoms. The molecule has 0 atom stereocenters. The van der Waals surface area contributed by atoms with Crippen LogP contribution in [-0.2, 0) is 12.8 Å². The van der Waals surface area contributed by atoms with E-state index in [2.05, 4.69) is 13.8 Å². The number of rotatable bonds is 18. The monoisotopic (exact) mass is 458 g/mol. The third-order valence-corrected chi connectivity index (χ3v) is 6.98. The van der Waals surface area contributed by atoms with Crippen LogP contribution in [0.2, 0.25) is 10.0 Å². The minimum absolute atomic E-state index is 0.0677. The molecule has 0 aliphatic rings. The van der Waals surface area contributed by atoms with Crippen LogP contribution in [0.5, 0.6) is 11.5 Å². The Morgan fingerprint density at radius 2 is 0.833 bits per heavy atom. The molecule has 0 aliphatic carbocycles. The van der Waals surface area contributed by atoms with Crippen molar-refractivity contribution in [2.45, 2.75) is 129 Å². The van der Waals surface area contributed by atoms with E-state index < -0.39 is 0 Å². The van der Waals surface area contributed by atoms with Crippen molar-refractivity contribution in [1.29, 1.82) is 0 Å². The first kappa shape index (κ1) is 27.4. The SMILES string of the molecule is CCCCCCCCCCc1c(O)c(O)c(Cl)c(Cl)c1CCCCCCCCCC. The maximum atomic E-state index is 10.5. The van der Waals surface area contributed by atoms with Crippen LogP contribution in [0.25, 0.3) is 0 Å². The van der Waals surface area contributed by atoms with Gasteiger partial charge >= 0.3 is 0 Å². The Labute approximate surface area is 195 Å². The van der Waals surface area contributed by atoms with Crippen LogP contribution in [0.4, 0.5) is 0 Å². The van der Waals surface area contributed by atoms with E-state index in [1.165, 1.54) is 83.5 Å². The summed E-state index contributed by atoms with van der Waals surface area (Å²) in [5, 5.41) is 21.2. The number of hydrogen-bond acceptors (Lipinski definition) is 2. The van der Waals surface area contributed by atoms with Crippen molar-refractivity contribution < 1.29 is 10.2 Å². The smallest absolute Gasteiger partial charge is 0.178 e. The summed E-state index contributed by atoms with van der Waals surface area (Å²) >= 11 is 12.7.